The fourth-order valence-electron chi connectivity index (χ4n) is 4.57. The minimum atomic E-state index is -1.04. The van der Waals surface area contributed by atoms with Crippen molar-refractivity contribution in [3.8, 4) is 11.5 Å². The first-order valence-electron chi connectivity index (χ1n) is 13.1. The van der Waals surface area contributed by atoms with Crippen LogP contribution in [0, 0.1) is 0 Å². The van der Waals surface area contributed by atoms with Crippen molar-refractivity contribution in [1.29, 1.82) is 0 Å². The molecule has 0 amide bonds. The number of methoxy groups -OCH3 is 2. The number of Topliss-reactive ketones (excluding diaryl/α,β-unsaturated/α-hetero) is 2. The van der Waals surface area contributed by atoms with Gasteiger partial charge in [0.05, 0.1) is 59.5 Å². The third kappa shape index (κ3) is 6.70. The Bertz CT molecular complexity index is 1740. The van der Waals surface area contributed by atoms with E-state index in [0.29, 0.717) is 35.4 Å². The number of aromatic nitrogens is 4. The Kier molecular flexibility index (Phi) is 8.78. The molecule has 0 spiro atoms. The number of benzene rings is 2. The summed E-state index contributed by atoms with van der Waals surface area (Å²) in [6.45, 7) is 0. The van der Waals surface area contributed by atoms with Gasteiger partial charge in [0, 0.05) is 54.6 Å². The van der Waals surface area contributed by atoms with Crippen molar-refractivity contribution in [3.63, 3.8) is 0 Å². The molecule has 5 aromatic rings. The minimum absolute atomic E-state index is 0.115. The number of hydrogen-bond donors (Lipinski definition) is 3. The number of nitrogens with one attached hydrogen (secondary N) is 1. The monoisotopic (exact) mass is 622 g/mol. The summed E-state index contributed by atoms with van der Waals surface area (Å²) in [5.74, 6) is -1.53. The molecule has 0 aliphatic rings. The van der Waals surface area contributed by atoms with E-state index in [9.17, 15) is 19.2 Å². The summed E-state index contributed by atoms with van der Waals surface area (Å²) in [5, 5.41) is 18.3. The van der Waals surface area contributed by atoms with Crippen molar-refractivity contribution < 1.29 is 38.9 Å². The number of carboxylic acid groups (broad SMARTS) is 2. The highest BCUT2D eigenvalue weighted by Crippen LogP contribution is 2.34. The summed E-state index contributed by atoms with van der Waals surface area (Å²) in [6.07, 6.45) is 1.74. The summed E-state index contributed by atoms with van der Waals surface area (Å²) in [6, 6.07) is 7.35. The molecule has 14 heteroatoms. The molecule has 0 saturated heterocycles. The predicted molar refractivity (Wildman–Crippen MR) is 159 cm³/mol. The number of carboxylic acids is 2. The van der Waals surface area contributed by atoms with Gasteiger partial charge in [-0.05, 0) is 12.1 Å². The molecule has 12 nitrogen and oxygen atoms in total. The molecule has 43 heavy (non-hydrogen) atoms. The first-order valence-corrected chi connectivity index (χ1v) is 14.7. The molecule has 222 valence electrons. The number of H-pyrrole nitrogens is 1. The second-order valence-corrected chi connectivity index (χ2v) is 11.7. The maximum Gasteiger partial charge on any atom is 0.303 e. The van der Waals surface area contributed by atoms with Crippen LogP contribution in [0.2, 0.25) is 0 Å². The smallest absolute Gasteiger partial charge is 0.303 e. The Morgan fingerprint density at radius 3 is 1.70 bits per heavy atom. The highest BCUT2D eigenvalue weighted by Gasteiger charge is 2.20. The summed E-state index contributed by atoms with van der Waals surface area (Å²) in [4.78, 5) is 63.1. The number of thiazole rings is 2. The van der Waals surface area contributed by atoms with Crippen LogP contribution in [0.15, 0.2) is 30.6 Å². The average molecular weight is 623 g/mol. The van der Waals surface area contributed by atoms with Gasteiger partial charge in [0.1, 0.15) is 11.5 Å². The lowest BCUT2D eigenvalue weighted by molar-refractivity contribution is -0.137. The van der Waals surface area contributed by atoms with E-state index < -0.39 is 11.9 Å². The van der Waals surface area contributed by atoms with E-state index in [4.69, 9.17) is 19.7 Å². The van der Waals surface area contributed by atoms with Gasteiger partial charge in [0.2, 0.25) is 0 Å². The molecule has 2 aromatic carbocycles. The fourth-order valence-corrected chi connectivity index (χ4v) is 6.53. The third-order valence-electron chi connectivity index (χ3n) is 6.72. The third-order valence-corrected chi connectivity index (χ3v) is 8.84. The summed E-state index contributed by atoms with van der Waals surface area (Å²) >= 11 is 2.43. The van der Waals surface area contributed by atoms with Crippen LogP contribution in [0.1, 0.15) is 67.8 Å². The van der Waals surface area contributed by atoms with E-state index in [1.54, 1.807) is 32.7 Å². The van der Waals surface area contributed by atoms with Gasteiger partial charge in [-0.3, -0.25) is 19.2 Å². The lowest BCUT2D eigenvalue weighted by atomic mass is 10.0. The van der Waals surface area contributed by atoms with Gasteiger partial charge in [-0.25, -0.2) is 15.0 Å². The molecule has 3 aromatic heterocycles. The Morgan fingerprint density at radius 2 is 1.23 bits per heavy atom. The van der Waals surface area contributed by atoms with Gasteiger partial charge in [0.15, 0.2) is 21.6 Å². The van der Waals surface area contributed by atoms with Crippen LogP contribution in [0.5, 0.6) is 11.5 Å². The highest BCUT2D eigenvalue weighted by molar-refractivity contribution is 7.20. The molecule has 3 heterocycles. The van der Waals surface area contributed by atoms with Crippen LogP contribution in [0.25, 0.3) is 20.4 Å². The number of rotatable bonds is 14. The Balaban J connectivity index is 1.40. The number of nitrogens with zero attached hydrogens (tertiary/aromatic N) is 3. The van der Waals surface area contributed by atoms with E-state index in [-0.39, 0.29) is 47.3 Å². The lowest BCUT2D eigenvalue weighted by Gasteiger charge is -2.11. The van der Waals surface area contributed by atoms with Gasteiger partial charge in [-0.1, -0.05) is 0 Å². The second-order valence-electron chi connectivity index (χ2n) is 9.62. The van der Waals surface area contributed by atoms with Gasteiger partial charge in [-0.15, -0.1) is 22.7 Å². The SMILES string of the molecule is COc1cc2nc(C(=O)CCC(=O)O)sc2cc1Cc1nc[nH]c1Cc1cc2sc(C(=O)CCC(=O)O)nc2cc1OC. The van der Waals surface area contributed by atoms with E-state index >= 15 is 0 Å². The molecular weight excluding hydrogens is 596 g/mol. The largest absolute Gasteiger partial charge is 0.496 e. The topological polar surface area (TPSA) is 182 Å². The predicted octanol–water partition coefficient (Wildman–Crippen LogP) is 4.92. The Labute approximate surface area is 252 Å². The van der Waals surface area contributed by atoms with Crippen molar-refractivity contribution in [2.75, 3.05) is 14.2 Å². The standard InChI is InChI=1S/C29H26N4O8S2/c1-40-22-11-18-24(42-28(32-18)20(34)3-5-26(36)37)9-14(22)7-16-17(31-13-30-16)8-15-10-25-19(12-23(15)41-2)33-29(43-25)21(35)4-6-27(38)39/h9-13H,3-8H2,1-2H3,(H,30,31)(H,36,37)(H,38,39). The second kappa shape index (κ2) is 12.7. The molecule has 5 rings (SSSR count). The maximum atomic E-state index is 12.4. The fraction of sp³-hybridized carbons (Fsp3) is 0.276. The zero-order valence-electron chi connectivity index (χ0n) is 23.1. The number of carbonyl (C=O) groups excluding carboxylic acids is 2. The number of aliphatic carboxylic acids is 2. The normalized spacial score (nSPS) is 11.2. The molecule has 0 aliphatic carbocycles. The van der Waals surface area contributed by atoms with Gasteiger partial charge >= 0.3 is 11.9 Å². The number of ketones is 2. The molecule has 0 unspecified atom stereocenters. The molecule has 0 fully saturated rings. The van der Waals surface area contributed by atoms with Crippen molar-refractivity contribution in [2.45, 2.75) is 38.5 Å². The van der Waals surface area contributed by atoms with E-state index in [1.807, 2.05) is 12.1 Å². The number of fused-ring (bicyclic) bond motifs is 2. The summed E-state index contributed by atoms with van der Waals surface area (Å²) < 4.78 is 12.8. The first-order chi connectivity index (χ1) is 20.6. The molecule has 0 radical (unpaired) electrons. The summed E-state index contributed by atoms with van der Waals surface area (Å²) in [5.41, 5.74) is 4.49. The van der Waals surface area contributed by atoms with Crippen LogP contribution < -0.4 is 9.47 Å². The number of imidazole rings is 1. The van der Waals surface area contributed by atoms with Gasteiger partial charge in [-0.2, -0.15) is 0 Å². The van der Waals surface area contributed by atoms with Crippen LogP contribution in [0.4, 0.5) is 0 Å². The van der Waals surface area contributed by atoms with Crippen LogP contribution in [-0.4, -0.2) is 67.9 Å². The van der Waals surface area contributed by atoms with Crippen LogP contribution in [-0.2, 0) is 22.4 Å². The van der Waals surface area contributed by atoms with E-state index in [1.165, 1.54) is 22.7 Å². The zero-order valence-corrected chi connectivity index (χ0v) is 24.8. The molecule has 0 saturated carbocycles. The quantitative estimate of drug-likeness (QED) is 0.143. The van der Waals surface area contributed by atoms with Crippen molar-refractivity contribution in [2.24, 2.45) is 0 Å². The van der Waals surface area contributed by atoms with E-state index in [0.717, 1.165) is 31.9 Å². The number of carbonyl (C=O) groups is 4. The van der Waals surface area contributed by atoms with Crippen molar-refractivity contribution >= 4 is 66.6 Å². The number of ether oxygens (including phenoxy) is 2. The first kappa shape index (κ1) is 29.8. The Hall–Kier alpha value is -4.69. The Morgan fingerprint density at radius 1 is 0.744 bits per heavy atom. The molecule has 0 atom stereocenters. The molecule has 0 bridgehead atoms. The molecule has 3 N–H and O–H groups in total. The molecular formula is C29H26N4O8S2. The molecule has 0 aliphatic heterocycles. The van der Waals surface area contributed by atoms with Crippen LogP contribution >= 0.6 is 22.7 Å². The van der Waals surface area contributed by atoms with Gasteiger partial charge in [0.25, 0.3) is 0 Å². The summed E-state index contributed by atoms with van der Waals surface area (Å²) in [7, 11) is 3.11. The van der Waals surface area contributed by atoms with E-state index in [2.05, 4.69) is 19.9 Å². The average Bonchev–Trinajstić information content (AvgIpc) is 3.71. The highest BCUT2D eigenvalue weighted by atomic mass is 32.1. The zero-order chi connectivity index (χ0) is 30.7. The lowest BCUT2D eigenvalue weighted by Crippen LogP contribution is -2.03. The minimum Gasteiger partial charge on any atom is -0.496 e. The van der Waals surface area contributed by atoms with Crippen LogP contribution in [0.3, 0.4) is 0 Å². The van der Waals surface area contributed by atoms with Crippen molar-refractivity contribution in [1.82, 2.24) is 19.9 Å². The van der Waals surface area contributed by atoms with Gasteiger partial charge < -0.3 is 24.7 Å². The number of hydrogen-bond acceptors (Lipinski definition) is 11. The van der Waals surface area contributed by atoms with Crippen molar-refractivity contribution in [3.05, 3.63) is 63.1 Å². The maximum absolute atomic E-state index is 12.4. The number of aromatic amines is 1.